The Labute approximate surface area is 196 Å². The Hall–Kier alpha value is -4.05. The van der Waals surface area contributed by atoms with Crippen LogP contribution in [0.5, 0.6) is 0 Å². The van der Waals surface area contributed by atoms with Crippen LogP contribution in [0.25, 0.3) is 22.4 Å². The molecule has 0 fully saturated rings. The minimum atomic E-state index is -0.785. The molecule has 3 aromatic carbocycles. The van der Waals surface area contributed by atoms with Crippen molar-refractivity contribution in [1.82, 2.24) is 19.2 Å². The summed E-state index contributed by atoms with van der Waals surface area (Å²) in [6.07, 6.45) is 0. The Kier molecular flexibility index (Phi) is 5.58. The van der Waals surface area contributed by atoms with Gasteiger partial charge in [0.05, 0.1) is 22.3 Å². The van der Waals surface area contributed by atoms with Gasteiger partial charge in [-0.05, 0) is 43.3 Å². The predicted molar refractivity (Wildman–Crippen MR) is 127 cm³/mol. The van der Waals surface area contributed by atoms with Crippen molar-refractivity contribution in [2.75, 3.05) is 11.1 Å². The van der Waals surface area contributed by atoms with Crippen molar-refractivity contribution in [2.45, 2.75) is 12.1 Å². The molecule has 0 aliphatic rings. The highest BCUT2D eigenvalue weighted by Crippen LogP contribution is 2.24. The van der Waals surface area contributed by atoms with E-state index in [0.29, 0.717) is 27.5 Å². The van der Waals surface area contributed by atoms with Crippen LogP contribution >= 0.6 is 11.8 Å². The lowest BCUT2D eigenvalue weighted by molar-refractivity contribution is -0.113. The fraction of sp³-hybridized carbons (Fsp3) is 0.0833. The number of hydrogen-bond acceptors (Lipinski definition) is 5. The number of nitrogens with zero attached hydrogens (tertiary/aromatic N) is 4. The van der Waals surface area contributed by atoms with E-state index in [4.69, 9.17) is 0 Å². The number of halogens is 2. The van der Waals surface area contributed by atoms with Crippen LogP contribution in [0.2, 0.25) is 0 Å². The van der Waals surface area contributed by atoms with Crippen LogP contribution in [0.3, 0.4) is 0 Å². The largest absolute Gasteiger partial charge is 0.325 e. The number of carbonyl (C=O) groups excluding carboxylic acids is 1. The topological polar surface area (TPSA) is 81.3 Å². The first kappa shape index (κ1) is 21.8. The van der Waals surface area contributed by atoms with Crippen molar-refractivity contribution in [1.29, 1.82) is 0 Å². The number of anilines is 1. The summed E-state index contributed by atoms with van der Waals surface area (Å²) in [7, 11) is 0. The summed E-state index contributed by atoms with van der Waals surface area (Å²) in [6, 6.07) is 17.3. The van der Waals surface area contributed by atoms with Gasteiger partial charge in [-0.2, -0.15) is 0 Å². The van der Waals surface area contributed by atoms with Gasteiger partial charge in [-0.1, -0.05) is 41.6 Å². The average Bonchev–Trinajstić information content (AvgIpc) is 3.22. The molecule has 0 bridgehead atoms. The Balaban J connectivity index is 1.53. The standard InChI is InChI=1S/C24H17F2N5O2S/c1-14-6-8-18(9-7-14)30-22(33)19-4-2-3-5-20(19)31-23(30)28-29-24(31)34-13-21(32)27-17-11-15(25)10-16(26)12-17/h2-12H,13H2,1H3,(H,27,32). The Morgan fingerprint density at radius 3 is 2.44 bits per heavy atom. The maximum Gasteiger partial charge on any atom is 0.267 e. The summed E-state index contributed by atoms with van der Waals surface area (Å²) >= 11 is 1.09. The summed E-state index contributed by atoms with van der Waals surface area (Å²) in [6.45, 7) is 1.96. The number of rotatable bonds is 5. The molecule has 0 spiro atoms. The van der Waals surface area contributed by atoms with E-state index >= 15 is 0 Å². The molecule has 0 saturated carbocycles. The second kappa shape index (κ2) is 8.71. The number of amides is 1. The van der Waals surface area contributed by atoms with E-state index in [-0.39, 0.29) is 17.0 Å². The van der Waals surface area contributed by atoms with Crippen molar-refractivity contribution in [2.24, 2.45) is 0 Å². The molecule has 0 radical (unpaired) electrons. The first-order valence-electron chi connectivity index (χ1n) is 10.3. The Morgan fingerprint density at radius 1 is 1.00 bits per heavy atom. The van der Waals surface area contributed by atoms with Gasteiger partial charge < -0.3 is 5.32 Å². The van der Waals surface area contributed by atoms with Crippen LogP contribution in [-0.4, -0.2) is 30.8 Å². The van der Waals surface area contributed by atoms with Crippen molar-refractivity contribution in [3.8, 4) is 5.69 Å². The van der Waals surface area contributed by atoms with E-state index in [9.17, 15) is 18.4 Å². The van der Waals surface area contributed by atoms with Crippen molar-refractivity contribution in [3.63, 3.8) is 0 Å². The zero-order chi connectivity index (χ0) is 23.8. The second-order valence-corrected chi connectivity index (χ2v) is 8.55. The fourth-order valence-corrected chi connectivity index (χ4v) is 4.39. The summed E-state index contributed by atoms with van der Waals surface area (Å²) in [4.78, 5) is 25.7. The Bertz CT molecular complexity index is 1590. The number of thioether (sulfide) groups is 1. The number of aryl methyl sites for hydroxylation is 1. The lowest BCUT2D eigenvalue weighted by atomic mass is 10.2. The van der Waals surface area contributed by atoms with Gasteiger partial charge in [0.15, 0.2) is 5.16 Å². The second-order valence-electron chi connectivity index (χ2n) is 7.61. The molecule has 0 atom stereocenters. The molecule has 2 aromatic heterocycles. The maximum atomic E-state index is 13.4. The van der Waals surface area contributed by atoms with Gasteiger partial charge >= 0.3 is 0 Å². The third-order valence-electron chi connectivity index (χ3n) is 5.17. The van der Waals surface area contributed by atoms with Gasteiger partial charge in [0.1, 0.15) is 11.6 Å². The van der Waals surface area contributed by atoms with Gasteiger partial charge in [-0.3, -0.25) is 14.0 Å². The Morgan fingerprint density at radius 2 is 1.71 bits per heavy atom. The molecule has 1 amide bonds. The summed E-state index contributed by atoms with van der Waals surface area (Å²) < 4.78 is 30.0. The van der Waals surface area contributed by atoms with E-state index in [1.54, 1.807) is 28.7 Å². The van der Waals surface area contributed by atoms with E-state index in [1.165, 1.54) is 4.57 Å². The molecule has 5 aromatic rings. The van der Waals surface area contributed by atoms with E-state index in [0.717, 1.165) is 35.5 Å². The number of para-hydroxylation sites is 1. The minimum absolute atomic E-state index is 0.0212. The number of carbonyl (C=O) groups is 1. The number of nitrogens with one attached hydrogen (secondary N) is 1. The van der Waals surface area contributed by atoms with Gasteiger partial charge in [0.25, 0.3) is 5.56 Å². The minimum Gasteiger partial charge on any atom is -0.325 e. The van der Waals surface area contributed by atoms with Crippen molar-refractivity contribution >= 4 is 40.0 Å². The van der Waals surface area contributed by atoms with Crippen molar-refractivity contribution in [3.05, 3.63) is 94.3 Å². The van der Waals surface area contributed by atoms with Gasteiger partial charge in [0.2, 0.25) is 11.7 Å². The summed E-state index contributed by atoms with van der Waals surface area (Å²) in [5, 5.41) is 11.8. The average molecular weight is 477 g/mol. The normalized spacial score (nSPS) is 11.3. The third-order valence-corrected chi connectivity index (χ3v) is 6.09. The number of benzene rings is 3. The molecule has 7 nitrogen and oxygen atoms in total. The summed E-state index contributed by atoms with van der Waals surface area (Å²) in [5.74, 6) is -1.82. The molecule has 1 N–H and O–H groups in total. The predicted octanol–water partition coefficient (Wildman–Crippen LogP) is 4.35. The van der Waals surface area contributed by atoms with Crippen LogP contribution < -0.4 is 10.9 Å². The zero-order valence-corrected chi connectivity index (χ0v) is 18.6. The van der Waals surface area contributed by atoms with Crippen LogP contribution in [0.1, 0.15) is 5.56 Å². The number of hydrogen-bond donors (Lipinski definition) is 1. The molecule has 0 aliphatic heterocycles. The molecule has 10 heteroatoms. The highest BCUT2D eigenvalue weighted by molar-refractivity contribution is 7.99. The lowest BCUT2D eigenvalue weighted by Gasteiger charge is -2.11. The van der Waals surface area contributed by atoms with Gasteiger partial charge in [-0.15, -0.1) is 10.2 Å². The van der Waals surface area contributed by atoms with Crippen LogP contribution in [0.15, 0.2) is 76.7 Å². The molecule has 5 rings (SSSR count). The smallest absolute Gasteiger partial charge is 0.267 e. The monoisotopic (exact) mass is 477 g/mol. The summed E-state index contributed by atoms with van der Waals surface area (Å²) in [5.41, 5.74) is 2.08. The SMILES string of the molecule is Cc1ccc(-n2c(=O)c3ccccc3n3c(SCC(=O)Nc4cc(F)cc(F)c4)nnc23)cc1. The quantitative estimate of drug-likeness (QED) is 0.381. The van der Waals surface area contributed by atoms with E-state index in [2.05, 4.69) is 15.5 Å². The molecule has 0 aliphatic carbocycles. The van der Waals surface area contributed by atoms with Gasteiger partial charge in [-0.25, -0.2) is 13.3 Å². The molecule has 0 saturated heterocycles. The number of fused-ring (bicyclic) bond motifs is 3. The molecule has 0 unspecified atom stereocenters. The fourth-order valence-electron chi connectivity index (χ4n) is 3.65. The first-order chi connectivity index (χ1) is 16.4. The molecule has 170 valence electrons. The highest BCUT2D eigenvalue weighted by Gasteiger charge is 2.18. The van der Waals surface area contributed by atoms with Crippen molar-refractivity contribution < 1.29 is 13.6 Å². The van der Waals surface area contributed by atoms with Gasteiger partial charge in [0, 0.05) is 11.8 Å². The first-order valence-corrected chi connectivity index (χ1v) is 11.2. The molecule has 2 heterocycles. The highest BCUT2D eigenvalue weighted by atomic mass is 32.2. The molecular weight excluding hydrogens is 460 g/mol. The van der Waals surface area contributed by atoms with E-state index in [1.807, 2.05) is 31.2 Å². The van der Waals surface area contributed by atoms with Crippen LogP contribution in [0, 0.1) is 18.6 Å². The number of aromatic nitrogens is 4. The van der Waals surface area contributed by atoms with Crippen LogP contribution in [-0.2, 0) is 4.79 Å². The molecular formula is C24H17F2N5O2S. The zero-order valence-electron chi connectivity index (χ0n) is 17.8. The lowest BCUT2D eigenvalue weighted by Crippen LogP contribution is -2.22. The van der Waals surface area contributed by atoms with Crippen LogP contribution in [0.4, 0.5) is 14.5 Å². The third kappa shape index (κ3) is 4.03. The molecule has 34 heavy (non-hydrogen) atoms. The van der Waals surface area contributed by atoms with E-state index < -0.39 is 17.5 Å². The maximum absolute atomic E-state index is 13.4.